The number of benzene rings is 2. The third kappa shape index (κ3) is 5.21. The molecule has 4 rings (SSSR count). The zero-order valence-corrected chi connectivity index (χ0v) is 19.4. The number of aryl methyl sites for hydroxylation is 1. The van der Waals surface area contributed by atoms with Crippen molar-refractivity contribution < 1.29 is 27.1 Å². The summed E-state index contributed by atoms with van der Waals surface area (Å²) in [6.07, 6.45) is 0.362. The van der Waals surface area contributed by atoms with Crippen LogP contribution in [0.3, 0.4) is 0 Å². The fourth-order valence-corrected chi connectivity index (χ4v) is 3.63. The van der Waals surface area contributed by atoms with E-state index in [0.717, 1.165) is 12.1 Å². The van der Waals surface area contributed by atoms with Crippen LogP contribution in [0.15, 0.2) is 59.5 Å². The van der Waals surface area contributed by atoms with Crippen LogP contribution in [0.4, 0.5) is 17.6 Å². The minimum Gasteiger partial charge on any atom is -0.484 e. The smallest absolute Gasteiger partial charge is 0.321 e. The van der Waals surface area contributed by atoms with E-state index < -0.39 is 35.6 Å². The number of pyridine rings is 1. The maximum atomic E-state index is 13.9. The van der Waals surface area contributed by atoms with Crippen LogP contribution < -0.4 is 15.6 Å². The first-order valence-corrected chi connectivity index (χ1v) is 10.8. The van der Waals surface area contributed by atoms with Gasteiger partial charge < -0.3 is 14.6 Å². The number of ether oxygens (including phenoxy) is 1. The molecule has 0 saturated carbocycles. The SMILES string of the molecule is C[C@H](NC(=O)C(C)(F)F)[C@H](Oc1ccc2c(c1)nnn2-c1ccc(=O)n(C)c1)c1cc(F)cc(F)c1. The highest BCUT2D eigenvalue weighted by molar-refractivity contribution is 5.83. The fraction of sp³-hybridized carbons (Fsp3) is 0.250. The van der Waals surface area contributed by atoms with Gasteiger partial charge in [0.25, 0.3) is 5.91 Å². The molecule has 12 heteroatoms. The van der Waals surface area contributed by atoms with Gasteiger partial charge in [-0.3, -0.25) is 9.59 Å². The molecule has 0 spiro atoms. The molecule has 2 aromatic heterocycles. The first-order valence-electron chi connectivity index (χ1n) is 10.8. The van der Waals surface area contributed by atoms with Gasteiger partial charge in [-0.25, -0.2) is 13.5 Å². The van der Waals surface area contributed by atoms with Crippen molar-refractivity contribution in [3.8, 4) is 11.4 Å². The van der Waals surface area contributed by atoms with Gasteiger partial charge in [0, 0.05) is 43.9 Å². The van der Waals surface area contributed by atoms with E-state index in [1.165, 1.54) is 34.4 Å². The Morgan fingerprint density at radius 2 is 1.78 bits per heavy atom. The van der Waals surface area contributed by atoms with E-state index >= 15 is 0 Å². The van der Waals surface area contributed by atoms with E-state index in [-0.39, 0.29) is 16.9 Å². The number of amides is 1. The van der Waals surface area contributed by atoms with Crippen molar-refractivity contribution in [1.82, 2.24) is 24.9 Å². The van der Waals surface area contributed by atoms with Crippen LogP contribution >= 0.6 is 0 Å². The summed E-state index contributed by atoms with van der Waals surface area (Å²) in [7, 11) is 1.60. The van der Waals surface area contributed by atoms with Crippen molar-refractivity contribution in [3.05, 3.63) is 82.3 Å². The van der Waals surface area contributed by atoms with E-state index in [0.29, 0.717) is 29.7 Å². The summed E-state index contributed by atoms with van der Waals surface area (Å²) in [5.74, 6) is -6.82. The van der Waals surface area contributed by atoms with E-state index in [9.17, 15) is 27.2 Å². The van der Waals surface area contributed by atoms with Crippen LogP contribution in [0.25, 0.3) is 16.7 Å². The van der Waals surface area contributed by atoms with Gasteiger partial charge in [0.2, 0.25) is 5.56 Å². The molecular formula is C24H21F4N5O3. The number of nitrogens with one attached hydrogen (secondary N) is 1. The molecule has 0 aliphatic carbocycles. The molecule has 4 aromatic rings. The second-order valence-electron chi connectivity index (χ2n) is 8.38. The number of alkyl halides is 2. The molecule has 2 aromatic carbocycles. The molecule has 0 radical (unpaired) electrons. The lowest BCUT2D eigenvalue weighted by atomic mass is 10.0. The van der Waals surface area contributed by atoms with Gasteiger partial charge in [-0.05, 0) is 37.3 Å². The maximum absolute atomic E-state index is 13.9. The van der Waals surface area contributed by atoms with E-state index in [1.54, 1.807) is 25.4 Å². The third-order valence-corrected chi connectivity index (χ3v) is 5.42. The number of hydrogen-bond donors (Lipinski definition) is 1. The number of halogens is 4. The predicted octanol–water partition coefficient (Wildman–Crippen LogP) is 3.68. The lowest BCUT2D eigenvalue weighted by molar-refractivity contribution is -0.144. The number of rotatable bonds is 7. The molecule has 2 atom stereocenters. The average Bonchev–Trinajstić information content (AvgIpc) is 3.21. The summed E-state index contributed by atoms with van der Waals surface area (Å²) in [5.41, 5.74) is 1.34. The summed E-state index contributed by atoms with van der Waals surface area (Å²) < 4.78 is 63.6. The molecule has 0 aliphatic rings. The second-order valence-corrected chi connectivity index (χ2v) is 8.38. The van der Waals surface area contributed by atoms with E-state index in [2.05, 4.69) is 15.6 Å². The summed E-state index contributed by atoms with van der Waals surface area (Å²) >= 11 is 0. The Bertz CT molecular complexity index is 1480. The number of hydrogen-bond acceptors (Lipinski definition) is 5. The molecule has 8 nitrogen and oxygen atoms in total. The molecular weight excluding hydrogens is 482 g/mol. The van der Waals surface area contributed by atoms with Gasteiger partial charge in [0.1, 0.15) is 29.0 Å². The molecule has 2 heterocycles. The highest BCUT2D eigenvalue weighted by Crippen LogP contribution is 2.29. The normalized spacial score (nSPS) is 13.4. The van der Waals surface area contributed by atoms with Crippen molar-refractivity contribution in [1.29, 1.82) is 0 Å². The Balaban J connectivity index is 1.68. The van der Waals surface area contributed by atoms with Crippen LogP contribution in [0.5, 0.6) is 5.75 Å². The zero-order chi connectivity index (χ0) is 26.2. The van der Waals surface area contributed by atoms with Crippen molar-refractivity contribution in [2.75, 3.05) is 0 Å². The molecule has 36 heavy (non-hydrogen) atoms. The van der Waals surface area contributed by atoms with Gasteiger partial charge in [0.05, 0.1) is 17.2 Å². The van der Waals surface area contributed by atoms with Crippen molar-refractivity contribution in [2.45, 2.75) is 31.9 Å². The molecule has 188 valence electrons. The highest BCUT2D eigenvalue weighted by Gasteiger charge is 2.35. The van der Waals surface area contributed by atoms with E-state index in [1.807, 2.05) is 0 Å². The van der Waals surface area contributed by atoms with Crippen molar-refractivity contribution >= 4 is 16.9 Å². The molecule has 1 amide bonds. The van der Waals surface area contributed by atoms with Crippen molar-refractivity contribution in [2.24, 2.45) is 7.05 Å². The van der Waals surface area contributed by atoms with Crippen LogP contribution in [-0.2, 0) is 11.8 Å². The molecule has 1 N–H and O–H groups in total. The number of fused-ring (bicyclic) bond motifs is 1. The molecule has 0 fully saturated rings. The number of carbonyl (C=O) groups excluding carboxylic acids is 1. The monoisotopic (exact) mass is 503 g/mol. The first kappa shape index (κ1) is 24.9. The summed E-state index contributed by atoms with van der Waals surface area (Å²) in [4.78, 5) is 23.5. The minimum absolute atomic E-state index is 0.00586. The Morgan fingerprint density at radius 1 is 1.08 bits per heavy atom. The Hall–Kier alpha value is -4.22. The predicted molar refractivity (Wildman–Crippen MR) is 122 cm³/mol. The number of nitrogens with zero attached hydrogens (tertiary/aromatic N) is 4. The largest absolute Gasteiger partial charge is 0.484 e. The maximum Gasteiger partial charge on any atom is 0.321 e. The van der Waals surface area contributed by atoms with Crippen LogP contribution in [-0.4, -0.2) is 37.4 Å². The molecule has 0 unspecified atom stereocenters. The lowest BCUT2D eigenvalue weighted by Gasteiger charge is -2.27. The van der Waals surface area contributed by atoms with Gasteiger partial charge in [0.15, 0.2) is 0 Å². The van der Waals surface area contributed by atoms with Gasteiger partial charge >= 0.3 is 5.92 Å². The second kappa shape index (κ2) is 9.44. The third-order valence-electron chi connectivity index (χ3n) is 5.42. The topological polar surface area (TPSA) is 91.0 Å². The average molecular weight is 503 g/mol. The van der Waals surface area contributed by atoms with Crippen LogP contribution in [0.1, 0.15) is 25.5 Å². The van der Waals surface area contributed by atoms with Crippen LogP contribution in [0.2, 0.25) is 0 Å². The summed E-state index contributed by atoms with van der Waals surface area (Å²) in [6, 6.07) is 9.20. The zero-order valence-electron chi connectivity index (χ0n) is 19.4. The Kier molecular flexibility index (Phi) is 6.53. The number of aromatic nitrogens is 4. The Morgan fingerprint density at radius 3 is 2.42 bits per heavy atom. The van der Waals surface area contributed by atoms with Gasteiger partial charge in [-0.15, -0.1) is 5.10 Å². The highest BCUT2D eigenvalue weighted by atomic mass is 19.3. The molecule has 0 aliphatic heterocycles. The molecule has 0 bridgehead atoms. The number of carbonyl (C=O) groups is 1. The summed E-state index contributed by atoms with van der Waals surface area (Å²) in [6.45, 7) is 1.82. The minimum atomic E-state index is -3.66. The fourth-order valence-electron chi connectivity index (χ4n) is 3.63. The van der Waals surface area contributed by atoms with E-state index in [4.69, 9.17) is 4.74 Å². The summed E-state index contributed by atoms with van der Waals surface area (Å²) in [5, 5.41) is 10.3. The Labute approximate surface area is 202 Å². The van der Waals surface area contributed by atoms with Gasteiger partial charge in [-0.2, -0.15) is 8.78 Å². The standard InChI is InChI=1S/C24H21F4N5O3/c1-13(29-23(35)24(2,27)28)22(14-8-15(25)10-16(26)9-14)36-18-5-6-20-19(11-18)30-31-33(20)17-4-7-21(34)32(3)12-17/h4-13,22H,1-3H3,(H,29,35)/t13-,22-/m0/s1. The quantitative estimate of drug-likeness (QED) is 0.389. The van der Waals surface area contributed by atoms with Crippen molar-refractivity contribution in [3.63, 3.8) is 0 Å². The molecule has 0 saturated heterocycles. The van der Waals surface area contributed by atoms with Gasteiger partial charge in [-0.1, -0.05) is 5.21 Å². The first-order chi connectivity index (χ1) is 16.9. The van der Waals surface area contributed by atoms with Crippen LogP contribution in [0, 0.1) is 11.6 Å². The lowest BCUT2D eigenvalue weighted by Crippen LogP contribution is -2.46.